The summed E-state index contributed by atoms with van der Waals surface area (Å²) in [5.74, 6) is -11.9. The van der Waals surface area contributed by atoms with Crippen molar-refractivity contribution < 1.29 is 26.3 Å². The zero-order chi connectivity index (χ0) is 12.9. The molecular weight excluding hydrogens is 272 g/mol. The molecule has 0 aliphatic rings. The van der Waals surface area contributed by atoms with Gasteiger partial charge in [-0.1, -0.05) is 11.6 Å². The summed E-state index contributed by atoms with van der Waals surface area (Å²) >= 11 is 5.20. The molecule has 1 aromatic carbocycles. The number of hydrogen-bond acceptors (Lipinski definition) is 1. The third-order valence-corrected chi connectivity index (χ3v) is 2.42. The van der Waals surface area contributed by atoms with Gasteiger partial charge in [0.05, 0.1) is 10.8 Å². The van der Waals surface area contributed by atoms with Gasteiger partial charge in [-0.05, 0) is 0 Å². The minimum Gasteiger partial charge on any atom is -0.203 e. The summed E-state index contributed by atoms with van der Waals surface area (Å²) in [5, 5.41) is -3.70. The van der Waals surface area contributed by atoms with Crippen molar-refractivity contribution >= 4 is 22.4 Å². The van der Waals surface area contributed by atoms with Crippen LogP contribution in [0.4, 0.5) is 26.3 Å². The second-order valence-corrected chi connectivity index (χ2v) is 3.39. The molecule has 17 heavy (non-hydrogen) atoms. The number of halogens is 7. The van der Waals surface area contributed by atoms with Crippen LogP contribution in [0.15, 0.2) is 0 Å². The van der Waals surface area contributed by atoms with Gasteiger partial charge in [-0.25, -0.2) is 17.6 Å². The van der Waals surface area contributed by atoms with E-state index < -0.39 is 51.0 Å². The SMILES string of the molecule is Fc1nc(F)c2c(F)c(F)c(F)c(F)c2c1Cl. The highest BCUT2D eigenvalue weighted by atomic mass is 35.5. The Labute approximate surface area is 94.6 Å². The van der Waals surface area contributed by atoms with Crippen molar-refractivity contribution in [1.29, 1.82) is 0 Å². The Morgan fingerprint density at radius 1 is 0.647 bits per heavy atom. The van der Waals surface area contributed by atoms with E-state index in [0.717, 1.165) is 0 Å². The fourth-order valence-electron chi connectivity index (χ4n) is 1.33. The maximum atomic E-state index is 13.2. The maximum Gasteiger partial charge on any atom is 0.235 e. The van der Waals surface area contributed by atoms with Crippen molar-refractivity contribution in [3.63, 3.8) is 0 Å². The van der Waals surface area contributed by atoms with E-state index in [1.54, 1.807) is 0 Å². The third kappa shape index (κ3) is 1.53. The lowest BCUT2D eigenvalue weighted by Crippen LogP contribution is -2.03. The Morgan fingerprint density at radius 3 is 1.65 bits per heavy atom. The molecule has 0 spiro atoms. The molecule has 0 amide bonds. The van der Waals surface area contributed by atoms with Gasteiger partial charge in [-0.3, -0.25) is 0 Å². The number of aromatic nitrogens is 1. The van der Waals surface area contributed by atoms with Crippen LogP contribution >= 0.6 is 11.6 Å². The van der Waals surface area contributed by atoms with Gasteiger partial charge in [0, 0.05) is 0 Å². The Morgan fingerprint density at radius 2 is 1.12 bits per heavy atom. The molecule has 1 aromatic heterocycles. The highest BCUT2D eigenvalue weighted by Crippen LogP contribution is 2.33. The molecule has 0 N–H and O–H groups in total. The van der Waals surface area contributed by atoms with E-state index in [2.05, 4.69) is 4.98 Å². The second-order valence-electron chi connectivity index (χ2n) is 3.01. The topological polar surface area (TPSA) is 12.9 Å². The summed E-state index contributed by atoms with van der Waals surface area (Å²) < 4.78 is 78.0. The van der Waals surface area contributed by atoms with Crippen LogP contribution in [0.3, 0.4) is 0 Å². The number of benzene rings is 1. The Kier molecular flexibility index (Phi) is 2.65. The van der Waals surface area contributed by atoms with Crippen molar-refractivity contribution in [1.82, 2.24) is 4.98 Å². The minimum absolute atomic E-state index is 1.13. The van der Waals surface area contributed by atoms with Crippen LogP contribution in [-0.4, -0.2) is 4.98 Å². The zero-order valence-electron chi connectivity index (χ0n) is 7.59. The monoisotopic (exact) mass is 271 g/mol. The fraction of sp³-hybridized carbons (Fsp3) is 0. The van der Waals surface area contributed by atoms with Gasteiger partial charge in [0.15, 0.2) is 23.3 Å². The van der Waals surface area contributed by atoms with Gasteiger partial charge in [0.2, 0.25) is 11.9 Å². The van der Waals surface area contributed by atoms with Gasteiger partial charge in [0.1, 0.15) is 5.02 Å². The van der Waals surface area contributed by atoms with E-state index in [0.29, 0.717) is 0 Å². The lowest BCUT2D eigenvalue weighted by atomic mass is 10.1. The first-order valence-corrected chi connectivity index (χ1v) is 4.40. The maximum absolute atomic E-state index is 13.2. The summed E-state index contributed by atoms with van der Waals surface area (Å²) in [6, 6.07) is 0. The molecule has 0 atom stereocenters. The molecule has 0 saturated heterocycles. The number of fused-ring (bicyclic) bond motifs is 1. The molecule has 8 heteroatoms. The highest BCUT2D eigenvalue weighted by molar-refractivity contribution is 6.35. The van der Waals surface area contributed by atoms with E-state index in [-0.39, 0.29) is 0 Å². The lowest BCUT2D eigenvalue weighted by Gasteiger charge is -2.07. The Bertz CT molecular complexity index is 642. The summed E-state index contributed by atoms with van der Waals surface area (Å²) in [7, 11) is 0. The minimum atomic E-state index is -2.22. The summed E-state index contributed by atoms with van der Waals surface area (Å²) in [5.41, 5.74) is 0. The largest absolute Gasteiger partial charge is 0.235 e. The van der Waals surface area contributed by atoms with Crippen LogP contribution in [0.25, 0.3) is 10.8 Å². The molecule has 90 valence electrons. The Balaban J connectivity index is 3.17. The summed E-state index contributed by atoms with van der Waals surface area (Å²) in [4.78, 5) is 2.51. The average molecular weight is 272 g/mol. The zero-order valence-corrected chi connectivity index (χ0v) is 8.35. The van der Waals surface area contributed by atoms with Gasteiger partial charge in [-0.15, -0.1) is 0 Å². The predicted octanol–water partition coefficient (Wildman–Crippen LogP) is 3.72. The molecule has 0 radical (unpaired) electrons. The first-order chi connectivity index (χ1) is 7.86. The van der Waals surface area contributed by atoms with Gasteiger partial charge in [-0.2, -0.15) is 13.8 Å². The van der Waals surface area contributed by atoms with E-state index in [1.807, 2.05) is 0 Å². The van der Waals surface area contributed by atoms with Crippen molar-refractivity contribution in [2.24, 2.45) is 0 Å². The van der Waals surface area contributed by atoms with E-state index in [4.69, 9.17) is 11.6 Å². The molecular formula is C9ClF6N. The van der Waals surface area contributed by atoms with Crippen LogP contribution in [-0.2, 0) is 0 Å². The summed E-state index contributed by atoms with van der Waals surface area (Å²) in [6.07, 6.45) is 0. The fourth-order valence-corrected chi connectivity index (χ4v) is 1.55. The molecule has 0 aliphatic carbocycles. The van der Waals surface area contributed by atoms with Crippen LogP contribution in [0.1, 0.15) is 0 Å². The van der Waals surface area contributed by atoms with Crippen LogP contribution < -0.4 is 0 Å². The molecule has 1 heterocycles. The normalized spacial score (nSPS) is 11.2. The second kappa shape index (κ2) is 3.76. The predicted molar refractivity (Wildman–Crippen MR) is 46.5 cm³/mol. The van der Waals surface area contributed by atoms with Crippen molar-refractivity contribution in [2.75, 3.05) is 0 Å². The standard InChI is InChI=1S/C9ClF6N/c10-3-1-2(8(15)17-9(3)16)5(12)7(14)6(13)4(1)11. The van der Waals surface area contributed by atoms with Gasteiger partial charge < -0.3 is 0 Å². The van der Waals surface area contributed by atoms with E-state index >= 15 is 0 Å². The van der Waals surface area contributed by atoms with Crippen molar-refractivity contribution in [3.8, 4) is 0 Å². The first-order valence-electron chi connectivity index (χ1n) is 4.02. The molecule has 0 fully saturated rings. The van der Waals surface area contributed by atoms with Gasteiger partial charge in [0.25, 0.3) is 0 Å². The number of pyridine rings is 1. The summed E-state index contributed by atoms with van der Waals surface area (Å²) in [6.45, 7) is 0. The van der Waals surface area contributed by atoms with Crippen molar-refractivity contribution in [2.45, 2.75) is 0 Å². The Hall–Kier alpha value is -1.50. The number of rotatable bonds is 0. The van der Waals surface area contributed by atoms with E-state index in [1.165, 1.54) is 0 Å². The third-order valence-electron chi connectivity index (χ3n) is 2.07. The molecule has 0 aliphatic heterocycles. The first kappa shape index (κ1) is 12.0. The quantitative estimate of drug-likeness (QED) is 0.308. The van der Waals surface area contributed by atoms with Crippen LogP contribution in [0.2, 0.25) is 5.02 Å². The highest BCUT2D eigenvalue weighted by Gasteiger charge is 2.27. The average Bonchev–Trinajstić information content (AvgIpc) is 2.28. The van der Waals surface area contributed by atoms with Crippen LogP contribution in [0.5, 0.6) is 0 Å². The smallest absolute Gasteiger partial charge is 0.203 e. The van der Waals surface area contributed by atoms with Crippen LogP contribution in [0, 0.1) is 35.2 Å². The lowest BCUT2D eigenvalue weighted by molar-refractivity contribution is 0.414. The number of nitrogens with zero attached hydrogens (tertiary/aromatic N) is 1. The van der Waals surface area contributed by atoms with Gasteiger partial charge >= 0.3 is 0 Å². The molecule has 0 bridgehead atoms. The number of hydrogen-bond donors (Lipinski definition) is 0. The van der Waals surface area contributed by atoms with Crippen molar-refractivity contribution in [3.05, 3.63) is 40.2 Å². The molecule has 0 saturated carbocycles. The molecule has 2 rings (SSSR count). The molecule has 2 aromatic rings. The van der Waals surface area contributed by atoms with E-state index in [9.17, 15) is 26.3 Å². The molecule has 0 unspecified atom stereocenters. The molecule has 1 nitrogen and oxygen atoms in total.